The fraction of sp³-hybridized carbons (Fsp3) is 0.235. The molecule has 0 aliphatic heterocycles. The zero-order valence-corrected chi connectivity index (χ0v) is 11.5. The van der Waals surface area contributed by atoms with Gasteiger partial charge in [0.15, 0.2) is 0 Å². The minimum Gasteiger partial charge on any atom is -0.313 e. The van der Waals surface area contributed by atoms with Crippen LogP contribution in [0.5, 0.6) is 0 Å². The van der Waals surface area contributed by atoms with Crippen molar-refractivity contribution in [1.29, 1.82) is 0 Å². The second-order valence-corrected chi connectivity index (χ2v) is 4.98. The Morgan fingerprint density at radius 2 is 1.90 bits per heavy atom. The molecular formula is C17H19N3. The minimum absolute atomic E-state index is 0.921. The number of nitrogens with zero attached hydrogens (tertiary/aromatic N) is 2. The van der Waals surface area contributed by atoms with Crippen molar-refractivity contribution in [2.75, 3.05) is 6.54 Å². The van der Waals surface area contributed by atoms with Crippen LogP contribution in [0.3, 0.4) is 0 Å². The molecule has 0 fully saturated rings. The molecule has 0 bridgehead atoms. The molecule has 0 aliphatic rings. The maximum absolute atomic E-state index is 4.20. The summed E-state index contributed by atoms with van der Waals surface area (Å²) >= 11 is 0. The molecule has 3 nitrogen and oxygen atoms in total. The van der Waals surface area contributed by atoms with Crippen LogP contribution in [0, 0.1) is 0 Å². The Bertz CT molecular complexity index is 659. The molecular weight excluding hydrogens is 246 g/mol. The molecule has 1 aromatic heterocycles. The molecule has 1 heterocycles. The second-order valence-electron chi connectivity index (χ2n) is 4.98. The Morgan fingerprint density at radius 1 is 1.00 bits per heavy atom. The molecule has 0 atom stereocenters. The second kappa shape index (κ2) is 6.35. The first-order valence-electron chi connectivity index (χ1n) is 7.08. The van der Waals surface area contributed by atoms with Crippen molar-refractivity contribution >= 4 is 10.8 Å². The number of benzene rings is 2. The quantitative estimate of drug-likeness (QED) is 0.694. The Kier molecular flexibility index (Phi) is 4.09. The molecule has 3 heteroatoms. The average Bonchev–Trinajstić information content (AvgIpc) is 3.00. The Labute approximate surface area is 119 Å². The van der Waals surface area contributed by atoms with E-state index in [9.17, 15) is 0 Å². The number of rotatable bonds is 6. The molecule has 20 heavy (non-hydrogen) atoms. The predicted octanol–water partition coefficient (Wildman–Crippen LogP) is 3.22. The lowest BCUT2D eigenvalue weighted by molar-refractivity contribution is 0.543. The van der Waals surface area contributed by atoms with Gasteiger partial charge in [0.05, 0.1) is 0 Å². The Hall–Kier alpha value is -2.13. The summed E-state index contributed by atoms with van der Waals surface area (Å²) in [6.07, 6.45) is 4.92. The number of hydrogen-bond acceptors (Lipinski definition) is 2. The molecule has 102 valence electrons. The van der Waals surface area contributed by atoms with Gasteiger partial charge in [-0.3, -0.25) is 4.68 Å². The van der Waals surface area contributed by atoms with E-state index >= 15 is 0 Å². The highest BCUT2D eigenvalue weighted by Crippen LogP contribution is 2.15. The van der Waals surface area contributed by atoms with Gasteiger partial charge < -0.3 is 5.32 Å². The molecule has 0 saturated heterocycles. The summed E-state index contributed by atoms with van der Waals surface area (Å²) in [5, 5.41) is 10.3. The summed E-state index contributed by atoms with van der Waals surface area (Å²) in [5.74, 6) is 0. The van der Waals surface area contributed by atoms with Gasteiger partial charge in [-0.15, -0.1) is 0 Å². The van der Waals surface area contributed by atoms with E-state index in [0.717, 1.165) is 26.1 Å². The van der Waals surface area contributed by atoms with E-state index in [1.807, 2.05) is 23.1 Å². The van der Waals surface area contributed by atoms with Crippen LogP contribution in [0.15, 0.2) is 60.9 Å². The summed E-state index contributed by atoms with van der Waals surface area (Å²) in [7, 11) is 0. The van der Waals surface area contributed by atoms with Crippen molar-refractivity contribution in [2.45, 2.75) is 19.5 Å². The van der Waals surface area contributed by atoms with Crippen molar-refractivity contribution in [3.8, 4) is 0 Å². The highest BCUT2D eigenvalue weighted by molar-refractivity contribution is 5.82. The van der Waals surface area contributed by atoms with E-state index in [4.69, 9.17) is 0 Å². The third kappa shape index (κ3) is 3.25. The summed E-state index contributed by atoms with van der Waals surface area (Å²) in [6.45, 7) is 2.90. The average molecular weight is 265 g/mol. The number of aromatic nitrogens is 2. The highest BCUT2D eigenvalue weighted by Gasteiger charge is 1.96. The molecule has 3 rings (SSSR count). The van der Waals surface area contributed by atoms with Gasteiger partial charge in [0.25, 0.3) is 0 Å². The van der Waals surface area contributed by atoms with E-state index in [0.29, 0.717) is 0 Å². The Balaban J connectivity index is 1.47. The lowest BCUT2D eigenvalue weighted by Crippen LogP contribution is -2.16. The van der Waals surface area contributed by atoms with Gasteiger partial charge in [-0.2, -0.15) is 5.10 Å². The lowest BCUT2D eigenvalue weighted by atomic mass is 10.1. The van der Waals surface area contributed by atoms with Crippen LogP contribution < -0.4 is 5.32 Å². The van der Waals surface area contributed by atoms with Crippen LogP contribution in [0.25, 0.3) is 10.8 Å². The summed E-state index contributed by atoms with van der Waals surface area (Å²) in [6, 6.07) is 17.1. The molecule has 1 N–H and O–H groups in total. The lowest BCUT2D eigenvalue weighted by Gasteiger charge is -2.06. The van der Waals surface area contributed by atoms with Gasteiger partial charge in [-0.05, 0) is 41.4 Å². The van der Waals surface area contributed by atoms with Gasteiger partial charge in [0, 0.05) is 25.5 Å². The van der Waals surface area contributed by atoms with E-state index in [2.05, 4.69) is 52.9 Å². The third-order valence-corrected chi connectivity index (χ3v) is 3.44. The van der Waals surface area contributed by atoms with Gasteiger partial charge in [-0.25, -0.2) is 0 Å². The summed E-state index contributed by atoms with van der Waals surface area (Å²) in [4.78, 5) is 0. The number of hydrogen-bond donors (Lipinski definition) is 1. The van der Waals surface area contributed by atoms with Crippen LogP contribution in [-0.4, -0.2) is 16.3 Å². The fourth-order valence-electron chi connectivity index (χ4n) is 2.38. The first kappa shape index (κ1) is 12.9. The fourth-order valence-corrected chi connectivity index (χ4v) is 2.38. The van der Waals surface area contributed by atoms with Crippen molar-refractivity contribution in [1.82, 2.24) is 15.1 Å². The molecule has 0 amide bonds. The van der Waals surface area contributed by atoms with Crippen molar-refractivity contribution < 1.29 is 0 Å². The maximum Gasteiger partial charge on any atom is 0.0489 e. The first-order chi connectivity index (χ1) is 9.92. The van der Waals surface area contributed by atoms with Gasteiger partial charge in [0.1, 0.15) is 0 Å². The van der Waals surface area contributed by atoms with Crippen LogP contribution in [-0.2, 0) is 13.1 Å². The molecule has 0 saturated carbocycles. The van der Waals surface area contributed by atoms with Crippen LogP contribution in [0.4, 0.5) is 0 Å². The minimum atomic E-state index is 0.921. The SMILES string of the molecule is c1ccc2cc(CNCCCn3cccn3)ccc2c1. The zero-order chi connectivity index (χ0) is 13.6. The highest BCUT2D eigenvalue weighted by atomic mass is 15.3. The topological polar surface area (TPSA) is 29.9 Å². The van der Waals surface area contributed by atoms with Crippen LogP contribution >= 0.6 is 0 Å². The maximum atomic E-state index is 4.20. The van der Waals surface area contributed by atoms with E-state index in [1.54, 1.807) is 0 Å². The van der Waals surface area contributed by atoms with E-state index < -0.39 is 0 Å². The van der Waals surface area contributed by atoms with Crippen LogP contribution in [0.2, 0.25) is 0 Å². The standard InChI is InChI=1S/C17H19N3/c1-2-6-17-13-15(7-8-16(17)5-1)14-18-9-3-11-20-12-4-10-19-20/h1-2,4-8,10,12-13,18H,3,9,11,14H2. The molecule has 0 radical (unpaired) electrons. The molecule has 0 aliphatic carbocycles. The predicted molar refractivity (Wildman–Crippen MR) is 82.5 cm³/mol. The van der Waals surface area contributed by atoms with Crippen LogP contribution in [0.1, 0.15) is 12.0 Å². The molecule has 0 unspecified atom stereocenters. The van der Waals surface area contributed by atoms with E-state index in [1.165, 1.54) is 16.3 Å². The van der Waals surface area contributed by atoms with Gasteiger partial charge >= 0.3 is 0 Å². The third-order valence-electron chi connectivity index (χ3n) is 3.44. The van der Waals surface area contributed by atoms with Crippen molar-refractivity contribution in [2.24, 2.45) is 0 Å². The van der Waals surface area contributed by atoms with Crippen molar-refractivity contribution in [3.63, 3.8) is 0 Å². The Morgan fingerprint density at radius 3 is 2.75 bits per heavy atom. The number of fused-ring (bicyclic) bond motifs is 1. The smallest absolute Gasteiger partial charge is 0.0489 e. The van der Waals surface area contributed by atoms with E-state index in [-0.39, 0.29) is 0 Å². The van der Waals surface area contributed by atoms with Gasteiger partial charge in [-0.1, -0.05) is 36.4 Å². The summed E-state index contributed by atoms with van der Waals surface area (Å²) < 4.78 is 1.97. The monoisotopic (exact) mass is 265 g/mol. The number of aryl methyl sites for hydroxylation is 1. The summed E-state index contributed by atoms with van der Waals surface area (Å²) in [5.41, 5.74) is 1.34. The first-order valence-corrected chi connectivity index (χ1v) is 7.08. The normalized spacial score (nSPS) is 11.0. The molecule has 0 spiro atoms. The zero-order valence-electron chi connectivity index (χ0n) is 11.5. The van der Waals surface area contributed by atoms with Gasteiger partial charge in [0.2, 0.25) is 0 Å². The number of nitrogens with one attached hydrogen (secondary N) is 1. The largest absolute Gasteiger partial charge is 0.313 e. The molecule has 2 aromatic carbocycles. The molecule has 3 aromatic rings. The van der Waals surface area contributed by atoms with Crippen molar-refractivity contribution in [3.05, 3.63) is 66.5 Å².